The van der Waals surface area contributed by atoms with Gasteiger partial charge in [-0.15, -0.1) is 0 Å². The molecule has 0 saturated carbocycles. The van der Waals surface area contributed by atoms with E-state index < -0.39 is 0 Å². The van der Waals surface area contributed by atoms with Crippen molar-refractivity contribution in [3.05, 3.63) is 11.3 Å². The highest BCUT2D eigenvalue weighted by atomic mass is 35.5. The second kappa shape index (κ2) is 4.07. The number of aromatic nitrogens is 2. The minimum absolute atomic E-state index is 0.0803. The Balaban J connectivity index is 2.24. The molecule has 0 bridgehead atoms. The first kappa shape index (κ1) is 11.4. The van der Waals surface area contributed by atoms with Crippen LogP contribution in [0.5, 0.6) is 0 Å². The standard InChI is InChI=1S/C10H15ClN4O/c1-10(5-16)2-3-15(4-10)9-7(11)8(12)13-6-14-9/h6,16H,2-5H2,1H3,(H2,12,13,14). The monoisotopic (exact) mass is 242 g/mol. The minimum atomic E-state index is -0.0803. The number of nitrogens with zero attached hydrogens (tertiary/aromatic N) is 3. The van der Waals surface area contributed by atoms with Gasteiger partial charge in [0.2, 0.25) is 0 Å². The number of aliphatic hydroxyl groups excluding tert-OH is 1. The number of hydrogen-bond donors (Lipinski definition) is 2. The molecule has 2 rings (SSSR count). The molecule has 5 nitrogen and oxygen atoms in total. The summed E-state index contributed by atoms with van der Waals surface area (Å²) in [6.45, 7) is 3.78. The quantitative estimate of drug-likeness (QED) is 0.807. The van der Waals surface area contributed by atoms with Crippen molar-refractivity contribution in [1.82, 2.24) is 9.97 Å². The van der Waals surface area contributed by atoms with Crippen LogP contribution in [0.15, 0.2) is 6.33 Å². The minimum Gasteiger partial charge on any atom is -0.396 e. The SMILES string of the molecule is CC1(CO)CCN(c2ncnc(N)c2Cl)C1. The van der Waals surface area contributed by atoms with Crippen molar-refractivity contribution in [2.45, 2.75) is 13.3 Å². The van der Waals surface area contributed by atoms with Crippen molar-refractivity contribution in [3.63, 3.8) is 0 Å². The van der Waals surface area contributed by atoms with Gasteiger partial charge in [0.1, 0.15) is 17.2 Å². The fraction of sp³-hybridized carbons (Fsp3) is 0.600. The van der Waals surface area contributed by atoms with Crippen molar-refractivity contribution in [2.75, 3.05) is 30.3 Å². The normalized spacial score (nSPS) is 25.1. The summed E-state index contributed by atoms with van der Waals surface area (Å²) in [6, 6.07) is 0. The second-order valence-electron chi connectivity index (χ2n) is 4.54. The number of anilines is 2. The number of nitrogens with two attached hydrogens (primary N) is 1. The van der Waals surface area contributed by atoms with Gasteiger partial charge >= 0.3 is 0 Å². The van der Waals surface area contributed by atoms with Crippen LogP contribution in [0.2, 0.25) is 5.02 Å². The van der Waals surface area contributed by atoms with E-state index in [1.807, 2.05) is 11.8 Å². The molecule has 1 aromatic heterocycles. The Morgan fingerprint density at radius 3 is 3.00 bits per heavy atom. The zero-order chi connectivity index (χ0) is 11.8. The maximum Gasteiger partial charge on any atom is 0.153 e. The lowest BCUT2D eigenvalue weighted by Crippen LogP contribution is -2.28. The van der Waals surface area contributed by atoms with Crippen LogP contribution in [0.1, 0.15) is 13.3 Å². The molecule has 0 spiro atoms. The molecule has 88 valence electrons. The first-order valence-electron chi connectivity index (χ1n) is 5.17. The van der Waals surface area contributed by atoms with Crippen LogP contribution in [0.3, 0.4) is 0 Å². The fourth-order valence-corrected chi connectivity index (χ4v) is 2.14. The number of hydrogen-bond acceptors (Lipinski definition) is 5. The van der Waals surface area contributed by atoms with E-state index in [-0.39, 0.29) is 12.0 Å². The highest BCUT2D eigenvalue weighted by Crippen LogP contribution is 2.35. The first-order valence-corrected chi connectivity index (χ1v) is 5.55. The Hall–Kier alpha value is -1.07. The van der Waals surface area contributed by atoms with Crippen molar-refractivity contribution in [1.29, 1.82) is 0 Å². The van der Waals surface area contributed by atoms with Gasteiger partial charge < -0.3 is 15.7 Å². The van der Waals surface area contributed by atoms with E-state index in [1.165, 1.54) is 6.33 Å². The van der Waals surface area contributed by atoms with Crippen molar-refractivity contribution >= 4 is 23.2 Å². The van der Waals surface area contributed by atoms with Crippen molar-refractivity contribution in [2.24, 2.45) is 5.41 Å². The van der Waals surface area contributed by atoms with Crippen LogP contribution in [0, 0.1) is 5.41 Å². The maximum absolute atomic E-state index is 9.30. The van der Waals surface area contributed by atoms with Crippen molar-refractivity contribution < 1.29 is 5.11 Å². The molecular formula is C10H15ClN4O. The Kier molecular flexibility index (Phi) is 2.90. The smallest absolute Gasteiger partial charge is 0.153 e. The van der Waals surface area contributed by atoms with Gasteiger partial charge in [0.25, 0.3) is 0 Å². The van der Waals surface area contributed by atoms with E-state index >= 15 is 0 Å². The van der Waals surface area contributed by atoms with E-state index in [4.69, 9.17) is 17.3 Å². The van der Waals surface area contributed by atoms with E-state index in [9.17, 15) is 5.11 Å². The lowest BCUT2D eigenvalue weighted by atomic mass is 9.91. The molecule has 0 amide bonds. The fourth-order valence-electron chi connectivity index (χ4n) is 1.93. The van der Waals surface area contributed by atoms with E-state index in [1.54, 1.807) is 0 Å². The van der Waals surface area contributed by atoms with Gasteiger partial charge in [-0.05, 0) is 6.42 Å². The van der Waals surface area contributed by atoms with Gasteiger partial charge in [-0.25, -0.2) is 9.97 Å². The molecule has 1 aliphatic rings. The molecular weight excluding hydrogens is 228 g/mol. The summed E-state index contributed by atoms with van der Waals surface area (Å²) in [5.41, 5.74) is 5.55. The Labute approximate surface area is 99.3 Å². The summed E-state index contributed by atoms with van der Waals surface area (Å²) in [7, 11) is 0. The Morgan fingerprint density at radius 2 is 2.38 bits per heavy atom. The maximum atomic E-state index is 9.30. The van der Waals surface area contributed by atoms with E-state index in [2.05, 4.69) is 9.97 Å². The van der Waals surface area contributed by atoms with Crippen LogP contribution in [0.4, 0.5) is 11.6 Å². The topological polar surface area (TPSA) is 75.3 Å². The Morgan fingerprint density at radius 1 is 1.62 bits per heavy atom. The molecule has 2 heterocycles. The van der Waals surface area contributed by atoms with Gasteiger partial charge in [0.05, 0.1) is 6.61 Å². The molecule has 0 aliphatic carbocycles. The third-order valence-corrected chi connectivity index (χ3v) is 3.40. The average molecular weight is 243 g/mol. The molecule has 1 unspecified atom stereocenters. The summed E-state index contributed by atoms with van der Waals surface area (Å²) in [6.07, 6.45) is 2.33. The highest BCUT2D eigenvalue weighted by molar-refractivity contribution is 6.35. The van der Waals surface area contributed by atoms with E-state index in [0.29, 0.717) is 16.7 Å². The summed E-state index contributed by atoms with van der Waals surface area (Å²) in [4.78, 5) is 10.0. The van der Waals surface area contributed by atoms with Gasteiger partial charge in [0, 0.05) is 18.5 Å². The zero-order valence-electron chi connectivity index (χ0n) is 9.15. The average Bonchev–Trinajstić information content (AvgIpc) is 2.66. The number of aliphatic hydroxyl groups is 1. The van der Waals surface area contributed by atoms with Crippen LogP contribution >= 0.6 is 11.6 Å². The van der Waals surface area contributed by atoms with Crippen LogP contribution < -0.4 is 10.6 Å². The molecule has 0 aromatic carbocycles. The molecule has 1 aliphatic heterocycles. The summed E-state index contributed by atoms with van der Waals surface area (Å²) in [5, 5.41) is 9.69. The molecule has 3 N–H and O–H groups in total. The molecule has 1 atom stereocenters. The summed E-state index contributed by atoms with van der Waals surface area (Å²) in [5.74, 6) is 0.954. The lowest BCUT2D eigenvalue weighted by molar-refractivity contribution is 0.162. The third kappa shape index (κ3) is 1.92. The van der Waals surface area contributed by atoms with Crippen LogP contribution in [-0.4, -0.2) is 34.8 Å². The molecule has 16 heavy (non-hydrogen) atoms. The number of halogens is 1. The molecule has 1 fully saturated rings. The summed E-state index contributed by atoms with van der Waals surface area (Å²) < 4.78 is 0. The zero-order valence-corrected chi connectivity index (χ0v) is 9.91. The van der Waals surface area contributed by atoms with Gasteiger partial charge in [-0.1, -0.05) is 18.5 Å². The lowest BCUT2D eigenvalue weighted by Gasteiger charge is -2.23. The van der Waals surface area contributed by atoms with Gasteiger partial charge in [-0.3, -0.25) is 0 Å². The molecule has 6 heteroatoms. The molecule has 1 saturated heterocycles. The number of rotatable bonds is 2. The Bertz CT molecular complexity index is 400. The predicted molar refractivity (Wildman–Crippen MR) is 63.5 cm³/mol. The summed E-state index contributed by atoms with van der Waals surface area (Å²) >= 11 is 6.06. The molecule has 0 radical (unpaired) electrons. The largest absolute Gasteiger partial charge is 0.396 e. The third-order valence-electron chi connectivity index (χ3n) is 3.04. The molecule has 1 aromatic rings. The second-order valence-corrected chi connectivity index (χ2v) is 4.91. The first-order chi connectivity index (χ1) is 7.56. The van der Waals surface area contributed by atoms with Gasteiger partial charge in [0.15, 0.2) is 5.82 Å². The van der Waals surface area contributed by atoms with Crippen LogP contribution in [-0.2, 0) is 0 Å². The number of nitrogen functional groups attached to an aromatic ring is 1. The van der Waals surface area contributed by atoms with Crippen molar-refractivity contribution in [3.8, 4) is 0 Å². The predicted octanol–water partition coefficient (Wildman–Crippen LogP) is 0.921. The van der Waals surface area contributed by atoms with E-state index in [0.717, 1.165) is 19.5 Å². The van der Waals surface area contributed by atoms with Crippen LogP contribution in [0.25, 0.3) is 0 Å². The van der Waals surface area contributed by atoms with Gasteiger partial charge in [-0.2, -0.15) is 0 Å². The highest BCUT2D eigenvalue weighted by Gasteiger charge is 2.34.